The minimum Gasteiger partial charge on any atom is -0.497 e. The Labute approximate surface area is 168 Å². The summed E-state index contributed by atoms with van der Waals surface area (Å²) in [5, 5.41) is 1.31. The topological polar surface area (TPSA) is 60.3 Å². The number of aryl methyl sites for hydroxylation is 1. The summed E-state index contributed by atoms with van der Waals surface area (Å²) in [7, 11) is 3.38. The minimum atomic E-state index is 0.551. The van der Waals surface area contributed by atoms with Gasteiger partial charge in [0.25, 0.3) is 0 Å². The Morgan fingerprint density at radius 1 is 1.04 bits per heavy atom. The molecule has 0 amide bonds. The van der Waals surface area contributed by atoms with Gasteiger partial charge in [-0.25, -0.2) is 0 Å². The number of methoxy groups -OCH3 is 2. The van der Waals surface area contributed by atoms with Crippen LogP contribution in [0.1, 0.15) is 50.2 Å². The second kappa shape index (κ2) is 9.16. The predicted octanol–water partition coefficient (Wildman–Crippen LogP) is 5.65. The van der Waals surface area contributed by atoms with Crippen molar-refractivity contribution in [2.45, 2.75) is 45.4 Å². The maximum Gasteiger partial charge on any atom is 0.131 e. The highest BCUT2D eigenvalue weighted by atomic mass is 16.5. The molecule has 0 aliphatic heterocycles. The van der Waals surface area contributed by atoms with Crippen molar-refractivity contribution in [3.8, 4) is 22.8 Å². The van der Waals surface area contributed by atoms with Gasteiger partial charge < -0.3 is 20.2 Å². The molecular formula is C24H32N2O2. The van der Waals surface area contributed by atoms with Crippen molar-refractivity contribution in [3.05, 3.63) is 47.5 Å². The highest BCUT2D eigenvalue weighted by Crippen LogP contribution is 2.39. The van der Waals surface area contributed by atoms with Crippen LogP contribution in [0.3, 0.4) is 0 Å². The quantitative estimate of drug-likeness (QED) is 0.472. The molecule has 150 valence electrons. The van der Waals surface area contributed by atoms with Gasteiger partial charge in [-0.15, -0.1) is 0 Å². The van der Waals surface area contributed by atoms with Gasteiger partial charge in [0.15, 0.2) is 0 Å². The number of nitrogens with two attached hydrogens (primary N) is 1. The van der Waals surface area contributed by atoms with Gasteiger partial charge >= 0.3 is 0 Å². The number of H-pyrrole nitrogens is 1. The fourth-order valence-electron chi connectivity index (χ4n) is 3.75. The van der Waals surface area contributed by atoms with Crippen LogP contribution in [-0.4, -0.2) is 25.7 Å². The van der Waals surface area contributed by atoms with E-state index in [9.17, 15) is 0 Å². The molecule has 3 N–H and O–H groups in total. The zero-order valence-electron chi connectivity index (χ0n) is 17.5. The fourth-order valence-corrected chi connectivity index (χ4v) is 3.75. The lowest BCUT2D eigenvalue weighted by atomic mass is 9.94. The molecule has 0 fully saturated rings. The Bertz CT molecular complexity index is 930. The Kier molecular flexibility index (Phi) is 6.63. The summed E-state index contributed by atoms with van der Waals surface area (Å²) in [6.07, 6.45) is 4.22. The smallest absolute Gasteiger partial charge is 0.131 e. The summed E-state index contributed by atoms with van der Waals surface area (Å²) in [5.41, 5.74) is 11.8. The summed E-state index contributed by atoms with van der Waals surface area (Å²) in [5.74, 6) is 2.16. The lowest BCUT2D eigenvalue weighted by Crippen LogP contribution is -2.00. The molecule has 0 aliphatic carbocycles. The number of fused-ring (bicyclic) bond motifs is 1. The number of nitrogens with one attached hydrogen (secondary N) is 1. The number of hydrogen-bond acceptors (Lipinski definition) is 3. The lowest BCUT2D eigenvalue weighted by Gasteiger charge is -2.12. The molecule has 4 nitrogen and oxygen atoms in total. The molecule has 0 bridgehead atoms. The van der Waals surface area contributed by atoms with Crippen LogP contribution in [0.15, 0.2) is 36.4 Å². The van der Waals surface area contributed by atoms with Gasteiger partial charge in [0.05, 0.1) is 19.9 Å². The maximum absolute atomic E-state index is 5.75. The SMILES string of the molecule is CCC(C)c1ccc2[nH]c(-c3ccc(OC)cc3OC)c(CCCCN)c2c1. The molecule has 1 atom stereocenters. The largest absolute Gasteiger partial charge is 0.497 e. The average Bonchev–Trinajstić information content (AvgIpc) is 3.10. The molecule has 0 saturated carbocycles. The molecule has 0 aliphatic rings. The van der Waals surface area contributed by atoms with Crippen LogP contribution in [0.5, 0.6) is 11.5 Å². The highest BCUT2D eigenvalue weighted by molar-refractivity contribution is 5.92. The first-order chi connectivity index (χ1) is 13.6. The molecule has 0 radical (unpaired) electrons. The zero-order chi connectivity index (χ0) is 20.1. The summed E-state index contributed by atoms with van der Waals surface area (Å²) in [6.45, 7) is 5.25. The van der Waals surface area contributed by atoms with Crippen molar-refractivity contribution >= 4 is 10.9 Å². The summed E-state index contributed by atoms with van der Waals surface area (Å²) in [6, 6.07) is 12.8. The van der Waals surface area contributed by atoms with Crippen molar-refractivity contribution in [2.75, 3.05) is 20.8 Å². The summed E-state index contributed by atoms with van der Waals surface area (Å²) >= 11 is 0. The van der Waals surface area contributed by atoms with E-state index in [0.717, 1.165) is 55.0 Å². The van der Waals surface area contributed by atoms with Crippen LogP contribution in [0.2, 0.25) is 0 Å². The third kappa shape index (κ3) is 4.02. The monoisotopic (exact) mass is 380 g/mol. The van der Waals surface area contributed by atoms with Gasteiger partial charge in [0.1, 0.15) is 11.5 Å². The number of aromatic nitrogens is 1. The molecule has 1 heterocycles. The van der Waals surface area contributed by atoms with Gasteiger partial charge in [0.2, 0.25) is 0 Å². The van der Waals surface area contributed by atoms with Gasteiger partial charge in [-0.1, -0.05) is 19.9 Å². The molecule has 0 saturated heterocycles. The first-order valence-electron chi connectivity index (χ1n) is 10.2. The molecule has 3 rings (SSSR count). The molecule has 2 aromatic carbocycles. The predicted molar refractivity (Wildman–Crippen MR) is 118 cm³/mol. The first kappa shape index (κ1) is 20.3. The lowest BCUT2D eigenvalue weighted by molar-refractivity contribution is 0.395. The third-order valence-electron chi connectivity index (χ3n) is 5.67. The second-order valence-corrected chi connectivity index (χ2v) is 7.40. The van der Waals surface area contributed by atoms with Crippen molar-refractivity contribution in [1.82, 2.24) is 4.98 Å². The Balaban J connectivity index is 2.16. The number of aromatic amines is 1. The molecule has 4 heteroatoms. The molecular weight excluding hydrogens is 348 g/mol. The van der Waals surface area contributed by atoms with E-state index in [1.54, 1.807) is 14.2 Å². The highest BCUT2D eigenvalue weighted by Gasteiger charge is 2.18. The van der Waals surface area contributed by atoms with Gasteiger partial charge in [-0.05, 0) is 73.5 Å². The van der Waals surface area contributed by atoms with Crippen molar-refractivity contribution < 1.29 is 9.47 Å². The molecule has 1 aromatic heterocycles. The van der Waals surface area contributed by atoms with Crippen LogP contribution in [0, 0.1) is 0 Å². The van der Waals surface area contributed by atoms with Crippen molar-refractivity contribution in [2.24, 2.45) is 5.73 Å². The van der Waals surface area contributed by atoms with Gasteiger partial charge in [0, 0.05) is 22.5 Å². The van der Waals surface area contributed by atoms with E-state index >= 15 is 0 Å². The van der Waals surface area contributed by atoms with E-state index in [4.69, 9.17) is 15.2 Å². The van der Waals surface area contributed by atoms with Crippen LogP contribution in [0.25, 0.3) is 22.2 Å². The fraction of sp³-hybridized carbons (Fsp3) is 0.417. The number of ether oxygens (including phenoxy) is 2. The molecule has 0 spiro atoms. The van der Waals surface area contributed by atoms with Crippen LogP contribution in [0.4, 0.5) is 0 Å². The number of hydrogen-bond donors (Lipinski definition) is 2. The van der Waals surface area contributed by atoms with E-state index in [-0.39, 0.29) is 0 Å². The zero-order valence-corrected chi connectivity index (χ0v) is 17.5. The molecule has 3 aromatic rings. The summed E-state index contributed by atoms with van der Waals surface area (Å²) < 4.78 is 11.0. The maximum atomic E-state index is 5.75. The van der Waals surface area contributed by atoms with Gasteiger partial charge in [-0.2, -0.15) is 0 Å². The van der Waals surface area contributed by atoms with Crippen molar-refractivity contribution in [3.63, 3.8) is 0 Å². The van der Waals surface area contributed by atoms with E-state index in [1.807, 2.05) is 12.1 Å². The van der Waals surface area contributed by atoms with E-state index < -0.39 is 0 Å². The number of rotatable bonds is 9. The standard InChI is InChI=1S/C24H32N2O2/c1-5-16(2)17-9-12-22-21(14-17)19(8-6-7-13-25)24(26-22)20-11-10-18(27-3)15-23(20)28-4/h9-12,14-16,26H,5-8,13,25H2,1-4H3. The van der Waals surface area contributed by atoms with Crippen LogP contribution < -0.4 is 15.2 Å². The molecule has 1 unspecified atom stereocenters. The van der Waals surface area contributed by atoms with E-state index in [1.165, 1.54) is 22.0 Å². The minimum absolute atomic E-state index is 0.551. The number of unbranched alkanes of at least 4 members (excludes halogenated alkanes) is 1. The van der Waals surface area contributed by atoms with E-state index in [2.05, 4.69) is 43.1 Å². The Hall–Kier alpha value is -2.46. The molecule has 28 heavy (non-hydrogen) atoms. The second-order valence-electron chi connectivity index (χ2n) is 7.40. The third-order valence-corrected chi connectivity index (χ3v) is 5.67. The average molecular weight is 381 g/mol. The van der Waals surface area contributed by atoms with Crippen LogP contribution in [-0.2, 0) is 6.42 Å². The van der Waals surface area contributed by atoms with Crippen LogP contribution >= 0.6 is 0 Å². The first-order valence-corrected chi connectivity index (χ1v) is 10.2. The summed E-state index contributed by atoms with van der Waals surface area (Å²) in [4.78, 5) is 3.65. The Morgan fingerprint density at radius 3 is 2.54 bits per heavy atom. The van der Waals surface area contributed by atoms with E-state index in [0.29, 0.717) is 5.92 Å². The van der Waals surface area contributed by atoms with Gasteiger partial charge in [-0.3, -0.25) is 0 Å². The number of benzene rings is 2. The Morgan fingerprint density at radius 2 is 1.86 bits per heavy atom. The van der Waals surface area contributed by atoms with Crippen molar-refractivity contribution in [1.29, 1.82) is 0 Å². The normalized spacial score (nSPS) is 12.3.